The van der Waals surface area contributed by atoms with Crippen LogP contribution in [-0.2, 0) is 32.0 Å². The maximum absolute atomic E-state index is 14.0. The van der Waals surface area contributed by atoms with Crippen molar-refractivity contribution >= 4 is 21.0 Å². The van der Waals surface area contributed by atoms with Crippen LogP contribution in [0.1, 0.15) is 46.1 Å². The molecule has 0 fully saturated rings. The molecule has 0 unspecified atom stereocenters. The fourth-order valence-corrected chi connectivity index (χ4v) is 9.20. The molecular weight excluding hydrogens is 444 g/mol. The number of nitrogens with two attached hydrogens (primary N) is 1. The molecule has 1 aromatic rings. The molecule has 0 spiro atoms. The molecule has 2 atom stereocenters. The average Bonchev–Trinajstić information content (AvgIpc) is 2.72. The Balaban J connectivity index is 3.86. The highest BCUT2D eigenvalue weighted by Gasteiger charge is 2.57. The number of carbonyl (C=O) groups is 1. The molecule has 0 bridgehead atoms. The highest BCUT2D eigenvalue weighted by molar-refractivity contribution is 7.72. The van der Waals surface area contributed by atoms with Crippen LogP contribution in [0, 0.1) is 0 Å². The van der Waals surface area contributed by atoms with Gasteiger partial charge in [0.05, 0.1) is 39.6 Å². The van der Waals surface area contributed by atoms with Gasteiger partial charge in [0.15, 0.2) is 5.40 Å². The summed E-state index contributed by atoms with van der Waals surface area (Å²) in [6.07, 6.45) is 0. The third kappa shape index (κ3) is 6.96. The van der Waals surface area contributed by atoms with Gasteiger partial charge in [-0.15, -0.1) is 0 Å². The number of Topliss-reactive ketones (excluding diaryl/α,β-unsaturated/α-hetero) is 1. The van der Waals surface area contributed by atoms with Crippen molar-refractivity contribution in [1.29, 1.82) is 0 Å². The van der Waals surface area contributed by atoms with Gasteiger partial charge < -0.3 is 28.6 Å². The Hall–Kier alpha value is -1.05. The third-order valence-electron chi connectivity index (χ3n) is 4.56. The van der Waals surface area contributed by atoms with Crippen molar-refractivity contribution < 1.29 is 36.8 Å². The van der Waals surface area contributed by atoms with Gasteiger partial charge in [-0.25, -0.2) is 0 Å². The first-order chi connectivity index (χ1) is 14.6. The van der Waals surface area contributed by atoms with Crippen LogP contribution in [0.5, 0.6) is 5.75 Å². The van der Waals surface area contributed by atoms with Crippen LogP contribution in [0.25, 0.3) is 0 Å². The van der Waals surface area contributed by atoms with Crippen molar-refractivity contribution in [1.82, 2.24) is 0 Å². The molecule has 0 saturated heterocycles. The second-order valence-electron chi connectivity index (χ2n) is 6.60. The predicted octanol–water partition coefficient (Wildman–Crippen LogP) is 4.55. The van der Waals surface area contributed by atoms with Gasteiger partial charge in [-0.3, -0.25) is 13.9 Å². The Morgan fingerprint density at radius 1 is 0.871 bits per heavy atom. The number of ketones is 1. The maximum Gasteiger partial charge on any atom is 0.346 e. The predicted molar refractivity (Wildman–Crippen MR) is 120 cm³/mol. The van der Waals surface area contributed by atoms with Gasteiger partial charge in [-0.1, -0.05) is 12.1 Å². The number of methoxy groups -OCH3 is 1. The lowest BCUT2D eigenvalue weighted by Crippen LogP contribution is -2.42. The number of benzene rings is 1. The Morgan fingerprint density at radius 3 is 1.55 bits per heavy atom. The van der Waals surface area contributed by atoms with E-state index in [9.17, 15) is 13.9 Å². The van der Waals surface area contributed by atoms with Crippen LogP contribution < -0.4 is 10.5 Å². The first-order valence-electron chi connectivity index (χ1n) is 10.3. The maximum atomic E-state index is 14.0. The average molecular weight is 479 g/mol. The summed E-state index contributed by atoms with van der Waals surface area (Å²) in [7, 11) is -6.72. The summed E-state index contributed by atoms with van der Waals surface area (Å²) in [4.78, 5) is 12.4. The first-order valence-corrected chi connectivity index (χ1v) is 13.5. The number of rotatable bonds is 15. The molecule has 0 aliphatic carbocycles. The van der Waals surface area contributed by atoms with Gasteiger partial charge in [0.25, 0.3) is 0 Å². The SMILES string of the molecule is CCOP(=O)(OCC)C([C@H](c1ccc(OC)cc1)[C@H](N)C(C)=O)P(=O)(OCC)OCC. The first kappa shape index (κ1) is 28.0. The molecule has 0 radical (unpaired) electrons. The van der Waals surface area contributed by atoms with Crippen LogP contribution in [0.3, 0.4) is 0 Å². The molecular formula is C20H35NO8P2. The largest absolute Gasteiger partial charge is 0.497 e. The van der Waals surface area contributed by atoms with E-state index in [1.807, 2.05) is 0 Å². The van der Waals surface area contributed by atoms with E-state index in [1.165, 1.54) is 14.0 Å². The summed E-state index contributed by atoms with van der Waals surface area (Å²) in [5, 5.41) is -1.45. The van der Waals surface area contributed by atoms with Crippen molar-refractivity contribution in [3.63, 3.8) is 0 Å². The summed E-state index contributed by atoms with van der Waals surface area (Å²) in [5.41, 5.74) is 6.80. The highest BCUT2D eigenvalue weighted by Crippen LogP contribution is 2.74. The molecule has 178 valence electrons. The second kappa shape index (κ2) is 12.9. The van der Waals surface area contributed by atoms with E-state index in [4.69, 9.17) is 28.6 Å². The monoisotopic (exact) mass is 479 g/mol. The topological polar surface area (TPSA) is 123 Å². The number of hydrogen-bond donors (Lipinski definition) is 1. The van der Waals surface area contributed by atoms with E-state index in [2.05, 4.69) is 0 Å². The van der Waals surface area contributed by atoms with Gasteiger partial charge in [-0.05, 0) is 52.3 Å². The molecule has 2 N–H and O–H groups in total. The van der Waals surface area contributed by atoms with E-state index < -0.39 is 32.6 Å². The molecule has 1 rings (SSSR count). The zero-order valence-electron chi connectivity index (χ0n) is 19.1. The second-order valence-corrected chi connectivity index (χ2v) is 11.3. The quantitative estimate of drug-likeness (QED) is 0.361. The molecule has 0 aromatic heterocycles. The minimum atomic E-state index is -4.12. The van der Waals surface area contributed by atoms with Gasteiger partial charge in [0, 0.05) is 5.92 Å². The van der Waals surface area contributed by atoms with Crippen LogP contribution in [-0.4, -0.2) is 50.8 Å². The van der Waals surface area contributed by atoms with E-state index in [-0.39, 0.29) is 32.2 Å². The Morgan fingerprint density at radius 2 is 1.26 bits per heavy atom. The minimum Gasteiger partial charge on any atom is -0.497 e. The number of carbonyl (C=O) groups excluding carboxylic acids is 1. The van der Waals surface area contributed by atoms with Gasteiger partial charge in [0.1, 0.15) is 11.5 Å². The fraction of sp³-hybridized carbons (Fsp3) is 0.650. The standard InChI is InChI=1S/C20H35NO8P2/c1-7-26-30(23,27-8-2)20(31(24,28-9-3)29-10-4)18(19(21)15(5)22)16-11-13-17(25-6)14-12-16/h11-14,18-20H,7-10,21H2,1-6H3/t18-,19-/m1/s1. The molecule has 11 heteroatoms. The van der Waals surface area contributed by atoms with E-state index in [1.54, 1.807) is 52.0 Å². The molecule has 9 nitrogen and oxygen atoms in total. The lowest BCUT2D eigenvalue weighted by molar-refractivity contribution is -0.118. The molecule has 0 aliphatic heterocycles. The van der Waals surface area contributed by atoms with E-state index in [0.29, 0.717) is 11.3 Å². The molecule has 0 amide bonds. The van der Waals surface area contributed by atoms with Gasteiger partial charge in [0.2, 0.25) is 0 Å². The Kier molecular flexibility index (Phi) is 11.6. The molecule has 0 saturated carbocycles. The molecule has 0 heterocycles. The lowest BCUT2D eigenvalue weighted by atomic mass is 9.91. The van der Waals surface area contributed by atoms with Crippen LogP contribution in [0.15, 0.2) is 24.3 Å². The number of ether oxygens (including phenoxy) is 1. The normalized spacial score (nSPS) is 14.5. The van der Waals surface area contributed by atoms with Crippen molar-refractivity contribution in [2.45, 2.75) is 52.0 Å². The fourth-order valence-electron chi connectivity index (χ4n) is 3.31. The zero-order chi connectivity index (χ0) is 23.7. The molecule has 0 aliphatic rings. The summed E-state index contributed by atoms with van der Waals surface area (Å²) < 4.78 is 55.4. The zero-order valence-corrected chi connectivity index (χ0v) is 20.9. The van der Waals surface area contributed by atoms with Gasteiger partial charge >= 0.3 is 15.2 Å². The molecule has 31 heavy (non-hydrogen) atoms. The van der Waals surface area contributed by atoms with Crippen molar-refractivity contribution in [3.05, 3.63) is 29.8 Å². The van der Waals surface area contributed by atoms with Crippen LogP contribution >= 0.6 is 15.2 Å². The van der Waals surface area contributed by atoms with Crippen LogP contribution in [0.4, 0.5) is 0 Å². The van der Waals surface area contributed by atoms with E-state index in [0.717, 1.165) is 0 Å². The number of hydrogen-bond acceptors (Lipinski definition) is 9. The highest BCUT2D eigenvalue weighted by atomic mass is 31.2. The summed E-state index contributed by atoms with van der Waals surface area (Å²) in [5.74, 6) is -0.841. The van der Waals surface area contributed by atoms with Crippen molar-refractivity contribution in [2.75, 3.05) is 33.5 Å². The Labute approximate surface area is 185 Å². The van der Waals surface area contributed by atoms with Crippen molar-refractivity contribution in [2.24, 2.45) is 5.73 Å². The Bertz CT molecular complexity index is 736. The third-order valence-corrected chi connectivity index (χ3v) is 10.7. The van der Waals surface area contributed by atoms with Crippen LogP contribution in [0.2, 0.25) is 0 Å². The summed E-state index contributed by atoms with van der Waals surface area (Å²) in [6, 6.07) is 5.52. The van der Waals surface area contributed by atoms with Crippen molar-refractivity contribution in [3.8, 4) is 5.75 Å². The summed E-state index contributed by atoms with van der Waals surface area (Å²) >= 11 is 0. The lowest BCUT2D eigenvalue weighted by Gasteiger charge is -2.38. The summed E-state index contributed by atoms with van der Waals surface area (Å²) in [6.45, 7) is 7.98. The smallest absolute Gasteiger partial charge is 0.346 e. The molecule has 1 aromatic carbocycles. The van der Waals surface area contributed by atoms with E-state index >= 15 is 0 Å². The van der Waals surface area contributed by atoms with Gasteiger partial charge in [-0.2, -0.15) is 0 Å². The minimum absolute atomic E-state index is 0.0245.